The molecule has 154 valence electrons. The molecular weight excluding hydrogens is 356 g/mol. The van der Waals surface area contributed by atoms with Crippen molar-refractivity contribution < 1.29 is 24.9 Å². The molecule has 5 nitrogen and oxygen atoms in total. The summed E-state index contributed by atoms with van der Waals surface area (Å²) >= 11 is 0. The van der Waals surface area contributed by atoms with Crippen molar-refractivity contribution in [2.24, 2.45) is 28.6 Å². The van der Waals surface area contributed by atoms with Crippen molar-refractivity contribution in [3.05, 3.63) is 11.6 Å². The summed E-state index contributed by atoms with van der Waals surface area (Å²) in [6, 6.07) is 0. The molecule has 0 unspecified atom stereocenters. The van der Waals surface area contributed by atoms with Gasteiger partial charge in [-0.3, -0.25) is 4.79 Å². The van der Waals surface area contributed by atoms with Crippen LogP contribution in [-0.2, 0) is 9.53 Å². The zero-order chi connectivity index (χ0) is 20.5. The lowest BCUT2D eigenvalue weighted by Crippen LogP contribution is -2.59. The molecule has 0 saturated heterocycles. The molecule has 0 aromatic rings. The molecule has 4 rings (SSSR count). The predicted molar refractivity (Wildman–Crippen MR) is 104 cm³/mol. The normalized spacial score (nSPS) is 52.5. The van der Waals surface area contributed by atoms with Gasteiger partial charge in [0.15, 0.2) is 0 Å². The van der Waals surface area contributed by atoms with Crippen LogP contribution in [0.4, 0.5) is 0 Å². The molecule has 3 N–H and O–H groups in total. The molecule has 4 aliphatic rings. The lowest BCUT2D eigenvalue weighted by atomic mass is 9.46. The maximum Gasteiger partial charge on any atom is 0.303 e. The Morgan fingerprint density at radius 3 is 2.54 bits per heavy atom. The summed E-state index contributed by atoms with van der Waals surface area (Å²) in [6.07, 6.45) is 9.84. The summed E-state index contributed by atoms with van der Waals surface area (Å²) < 4.78 is 5.78. The van der Waals surface area contributed by atoms with E-state index in [2.05, 4.69) is 19.8 Å². The van der Waals surface area contributed by atoms with Crippen molar-refractivity contribution in [2.45, 2.75) is 83.2 Å². The fourth-order valence-corrected chi connectivity index (χ4v) is 7.21. The number of rotatable bonds is 1. The van der Waals surface area contributed by atoms with Crippen molar-refractivity contribution in [3.63, 3.8) is 0 Å². The third kappa shape index (κ3) is 2.54. The van der Waals surface area contributed by atoms with Crippen LogP contribution in [-0.4, -0.2) is 45.2 Å². The van der Waals surface area contributed by atoms with E-state index >= 15 is 0 Å². The maximum absolute atomic E-state index is 11.9. The van der Waals surface area contributed by atoms with Gasteiger partial charge in [0.1, 0.15) is 11.7 Å². The number of terminal acetylenes is 1. The number of ether oxygens (including phenoxy) is 1. The minimum atomic E-state index is -1.13. The standard InChI is InChI=1S/C23H32O5/c1-5-23(27)9-7-16-20-15(6-8-22(16,23)4)21(3)12-18(26)17(25)10-14(21)11-19(20)28-13(2)24/h1,11,15-20,25-27H,6-10,12H2,2-4H3/t15-,16-,17+,18+,19-,20+,21-,22-,23-/m0/s1. The van der Waals surface area contributed by atoms with Gasteiger partial charge in [0, 0.05) is 18.3 Å². The van der Waals surface area contributed by atoms with E-state index in [1.807, 2.05) is 6.08 Å². The minimum Gasteiger partial charge on any atom is -0.458 e. The first-order valence-corrected chi connectivity index (χ1v) is 10.5. The number of aliphatic hydroxyl groups is 3. The first-order chi connectivity index (χ1) is 13.1. The highest BCUT2D eigenvalue weighted by Gasteiger charge is 2.66. The van der Waals surface area contributed by atoms with Crippen LogP contribution in [0.5, 0.6) is 0 Å². The van der Waals surface area contributed by atoms with Gasteiger partial charge in [-0.1, -0.05) is 25.3 Å². The van der Waals surface area contributed by atoms with E-state index in [1.54, 1.807) is 0 Å². The Kier molecular flexibility index (Phi) is 4.50. The van der Waals surface area contributed by atoms with Gasteiger partial charge in [-0.25, -0.2) is 0 Å². The topological polar surface area (TPSA) is 87.0 Å². The van der Waals surface area contributed by atoms with Crippen LogP contribution < -0.4 is 0 Å². The van der Waals surface area contributed by atoms with E-state index in [0.717, 1.165) is 24.8 Å². The number of carbonyl (C=O) groups is 1. The van der Waals surface area contributed by atoms with Crippen LogP contribution in [0.1, 0.15) is 59.3 Å². The van der Waals surface area contributed by atoms with Gasteiger partial charge in [-0.2, -0.15) is 0 Å². The van der Waals surface area contributed by atoms with Crippen molar-refractivity contribution in [3.8, 4) is 12.3 Å². The number of aliphatic hydroxyl groups excluding tert-OH is 2. The van der Waals surface area contributed by atoms with Crippen LogP contribution in [0.25, 0.3) is 0 Å². The van der Waals surface area contributed by atoms with E-state index in [1.165, 1.54) is 6.92 Å². The molecule has 0 radical (unpaired) electrons. The van der Waals surface area contributed by atoms with Gasteiger partial charge in [-0.05, 0) is 61.9 Å². The monoisotopic (exact) mass is 388 g/mol. The fourth-order valence-electron chi connectivity index (χ4n) is 7.21. The highest BCUT2D eigenvalue weighted by Crippen LogP contribution is 2.67. The van der Waals surface area contributed by atoms with E-state index < -0.39 is 23.2 Å². The number of carbonyl (C=O) groups excluding carboxylic acids is 1. The third-order valence-electron chi connectivity index (χ3n) is 8.83. The summed E-state index contributed by atoms with van der Waals surface area (Å²) in [7, 11) is 0. The highest BCUT2D eigenvalue weighted by atomic mass is 16.5. The van der Waals surface area contributed by atoms with Crippen molar-refractivity contribution in [2.75, 3.05) is 0 Å². The summed E-state index contributed by atoms with van der Waals surface area (Å²) in [5, 5.41) is 31.8. The summed E-state index contributed by atoms with van der Waals surface area (Å²) in [4.78, 5) is 11.9. The lowest BCUT2D eigenvalue weighted by Gasteiger charge is -2.60. The van der Waals surface area contributed by atoms with E-state index in [-0.39, 0.29) is 35.2 Å². The maximum atomic E-state index is 11.9. The minimum absolute atomic E-state index is 0.0567. The Bertz CT molecular complexity index is 753. The van der Waals surface area contributed by atoms with Crippen molar-refractivity contribution in [1.29, 1.82) is 0 Å². The largest absolute Gasteiger partial charge is 0.458 e. The molecule has 3 saturated carbocycles. The van der Waals surface area contributed by atoms with Gasteiger partial charge in [-0.15, -0.1) is 6.42 Å². The molecule has 0 aromatic heterocycles. The van der Waals surface area contributed by atoms with E-state index in [9.17, 15) is 20.1 Å². The van der Waals surface area contributed by atoms with Crippen LogP contribution in [0.15, 0.2) is 11.6 Å². The summed E-state index contributed by atoms with van der Waals surface area (Å²) in [5.41, 5.74) is -0.684. The SMILES string of the molecule is C#C[C@]1(O)CC[C@H]2[C@@H]3[C@@H](OC(C)=O)C=C4C[C@@H](O)[C@H](O)C[C@]4(C)[C@H]3CC[C@@]21C. The Morgan fingerprint density at radius 1 is 1.21 bits per heavy atom. The molecular formula is C23H32O5. The Hall–Kier alpha value is -1.35. The van der Waals surface area contributed by atoms with Gasteiger partial charge in [0.2, 0.25) is 0 Å². The molecule has 5 heteroatoms. The predicted octanol–water partition coefficient (Wildman–Crippen LogP) is 2.19. The molecule has 0 amide bonds. The number of esters is 1. The van der Waals surface area contributed by atoms with Crippen LogP contribution in [0.3, 0.4) is 0 Å². The number of fused-ring (bicyclic) bond motifs is 5. The van der Waals surface area contributed by atoms with Gasteiger partial charge in [0.05, 0.1) is 12.2 Å². The quantitative estimate of drug-likeness (QED) is 0.364. The molecule has 0 bridgehead atoms. The average Bonchev–Trinajstić information content (AvgIpc) is 2.89. The Morgan fingerprint density at radius 2 is 1.89 bits per heavy atom. The first-order valence-electron chi connectivity index (χ1n) is 10.5. The highest BCUT2D eigenvalue weighted by molar-refractivity contribution is 5.66. The molecule has 0 aliphatic heterocycles. The van der Waals surface area contributed by atoms with E-state index in [4.69, 9.17) is 11.2 Å². The Labute approximate surface area is 167 Å². The molecule has 9 atom stereocenters. The average molecular weight is 389 g/mol. The number of hydrogen-bond donors (Lipinski definition) is 3. The summed E-state index contributed by atoms with van der Waals surface area (Å²) in [6.45, 7) is 5.70. The summed E-state index contributed by atoms with van der Waals surface area (Å²) in [5.74, 6) is 2.77. The Balaban J connectivity index is 1.80. The van der Waals surface area contributed by atoms with Gasteiger partial charge in [0.25, 0.3) is 0 Å². The van der Waals surface area contributed by atoms with E-state index in [0.29, 0.717) is 19.3 Å². The molecule has 3 fully saturated rings. The van der Waals surface area contributed by atoms with Crippen LogP contribution in [0, 0.1) is 40.9 Å². The van der Waals surface area contributed by atoms with Crippen molar-refractivity contribution >= 4 is 5.97 Å². The molecule has 0 spiro atoms. The first kappa shape index (κ1) is 19.9. The lowest BCUT2D eigenvalue weighted by molar-refractivity contribution is -0.165. The smallest absolute Gasteiger partial charge is 0.303 e. The van der Waals surface area contributed by atoms with Crippen LogP contribution >= 0.6 is 0 Å². The zero-order valence-electron chi connectivity index (χ0n) is 17.0. The second-order valence-corrected chi connectivity index (χ2v) is 10.0. The molecule has 4 aliphatic carbocycles. The molecule has 0 aromatic carbocycles. The molecule has 28 heavy (non-hydrogen) atoms. The zero-order valence-corrected chi connectivity index (χ0v) is 17.0. The second-order valence-electron chi connectivity index (χ2n) is 10.0. The second kappa shape index (κ2) is 6.32. The van der Waals surface area contributed by atoms with Crippen molar-refractivity contribution in [1.82, 2.24) is 0 Å². The van der Waals surface area contributed by atoms with Gasteiger partial charge >= 0.3 is 5.97 Å². The van der Waals surface area contributed by atoms with Gasteiger partial charge < -0.3 is 20.1 Å². The number of hydrogen-bond acceptors (Lipinski definition) is 5. The van der Waals surface area contributed by atoms with Crippen LogP contribution in [0.2, 0.25) is 0 Å². The fraction of sp³-hybridized carbons (Fsp3) is 0.783. The third-order valence-corrected chi connectivity index (χ3v) is 8.83. The molecule has 0 heterocycles.